The summed E-state index contributed by atoms with van der Waals surface area (Å²) in [5.74, 6) is 0.362. The first-order chi connectivity index (χ1) is 12.7. The van der Waals surface area contributed by atoms with Crippen molar-refractivity contribution in [2.75, 3.05) is 41.3 Å². The van der Waals surface area contributed by atoms with Crippen LogP contribution in [0.1, 0.15) is 12.5 Å². The average Bonchev–Trinajstić information content (AvgIpc) is 3.03. The van der Waals surface area contributed by atoms with Gasteiger partial charge < -0.3 is 15.0 Å². The molecule has 0 bridgehead atoms. The summed E-state index contributed by atoms with van der Waals surface area (Å²) >= 11 is 0. The Morgan fingerprint density at radius 1 is 1.32 bits per heavy atom. The molecule has 1 heterocycles. The molecule has 1 N–H and O–H groups in total. The standard InChI is InChI=1S/C18H28N4O4S.HI/c1-13-11-22(12-15(13)17(23)26-5)18(19-2)20-10-14-8-6-7-9-16(14)27(24,25)21(3)4;/h6-9,13,15H,10-12H2,1-5H3,(H,19,20);1H. The highest BCUT2D eigenvalue weighted by atomic mass is 127. The van der Waals surface area contributed by atoms with E-state index in [4.69, 9.17) is 4.74 Å². The van der Waals surface area contributed by atoms with Crippen molar-refractivity contribution < 1.29 is 17.9 Å². The number of aliphatic imine (C=N–C) groups is 1. The minimum atomic E-state index is -3.53. The lowest BCUT2D eigenvalue weighted by atomic mass is 9.99. The van der Waals surface area contributed by atoms with Crippen LogP contribution < -0.4 is 5.32 Å². The summed E-state index contributed by atoms with van der Waals surface area (Å²) in [7, 11) is 2.55. The maximum Gasteiger partial charge on any atom is 0.310 e. The number of carbonyl (C=O) groups excluding carboxylic acids is 1. The number of guanidine groups is 1. The SMILES string of the molecule is CN=C(NCc1ccccc1S(=O)(=O)N(C)C)N1CC(C)C(C(=O)OC)C1.I. The highest BCUT2D eigenvalue weighted by molar-refractivity contribution is 14.0. The van der Waals surface area contributed by atoms with E-state index in [0.717, 1.165) is 0 Å². The lowest BCUT2D eigenvalue weighted by Gasteiger charge is -2.22. The summed E-state index contributed by atoms with van der Waals surface area (Å²) in [6, 6.07) is 6.89. The normalized spacial score (nSPS) is 20.1. The molecular formula is C18H29IN4O4S. The number of carbonyl (C=O) groups is 1. The van der Waals surface area contributed by atoms with Crippen LogP contribution in [-0.4, -0.2) is 70.9 Å². The average molecular weight is 524 g/mol. The van der Waals surface area contributed by atoms with Crippen LogP contribution in [0, 0.1) is 11.8 Å². The Morgan fingerprint density at radius 2 is 1.96 bits per heavy atom. The minimum absolute atomic E-state index is 0. The summed E-state index contributed by atoms with van der Waals surface area (Å²) in [5.41, 5.74) is 0.657. The molecule has 0 radical (unpaired) electrons. The monoisotopic (exact) mass is 524 g/mol. The number of methoxy groups -OCH3 is 1. The maximum absolute atomic E-state index is 12.5. The van der Waals surface area contributed by atoms with Crippen molar-refractivity contribution in [3.8, 4) is 0 Å². The van der Waals surface area contributed by atoms with Gasteiger partial charge in [-0.1, -0.05) is 25.1 Å². The third-order valence-corrected chi connectivity index (χ3v) is 6.71. The van der Waals surface area contributed by atoms with E-state index in [1.807, 2.05) is 11.8 Å². The maximum atomic E-state index is 12.5. The predicted octanol–water partition coefficient (Wildman–Crippen LogP) is 1.37. The molecule has 0 aliphatic carbocycles. The fraction of sp³-hybridized carbons (Fsp3) is 0.556. The van der Waals surface area contributed by atoms with Gasteiger partial charge in [-0.25, -0.2) is 12.7 Å². The van der Waals surface area contributed by atoms with Crippen LogP contribution in [0.3, 0.4) is 0 Å². The van der Waals surface area contributed by atoms with E-state index in [1.165, 1.54) is 25.5 Å². The Balaban J connectivity index is 0.00000392. The molecule has 1 aliphatic heterocycles. The second kappa shape index (κ2) is 10.4. The van der Waals surface area contributed by atoms with Crippen LogP contribution in [0.25, 0.3) is 0 Å². The van der Waals surface area contributed by atoms with E-state index in [2.05, 4.69) is 10.3 Å². The first-order valence-corrected chi connectivity index (χ1v) is 10.2. The first-order valence-electron chi connectivity index (χ1n) is 8.76. The minimum Gasteiger partial charge on any atom is -0.469 e. The van der Waals surface area contributed by atoms with Crippen LogP contribution in [-0.2, 0) is 26.1 Å². The van der Waals surface area contributed by atoms with Gasteiger partial charge in [0.2, 0.25) is 10.0 Å². The molecular weight excluding hydrogens is 495 g/mol. The Hall–Kier alpha value is -1.40. The van der Waals surface area contributed by atoms with Gasteiger partial charge in [0, 0.05) is 40.8 Å². The topological polar surface area (TPSA) is 91.3 Å². The third-order valence-electron chi connectivity index (χ3n) is 4.80. The highest BCUT2D eigenvalue weighted by Gasteiger charge is 2.36. The van der Waals surface area contributed by atoms with E-state index in [-0.39, 0.29) is 46.7 Å². The number of hydrogen-bond acceptors (Lipinski definition) is 5. The van der Waals surface area contributed by atoms with Crippen molar-refractivity contribution in [1.29, 1.82) is 0 Å². The molecule has 10 heteroatoms. The third kappa shape index (κ3) is 5.35. The Kier molecular flexibility index (Phi) is 9.15. The number of benzene rings is 1. The van der Waals surface area contributed by atoms with Gasteiger partial charge in [0.05, 0.1) is 17.9 Å². The van der Waals surface area contributed by atoms with E-state index < -0.39 is 10.0 Å². The number of nitrogens with zero attached hydrogens (tertiary/aromatic N) is 3. The van der Waals surface area contributed by atoms with Crippen molar-refractivity contribution in [2.24, 2.45) is 16.8 Å². The van der Waals surface area contributed by atoms with Crippen molar-refractivity contribution in [1.82, 2.24) is 14.5 Å². The molecule has 1 aromatic rings. The van der Waals surface area contributed by atoms with Gasteiger partial charge in [-0.05, 0) is 17.5 Å². The largest absolute Gasteiger partial charge is 0.469 e. The number of nitrogens with one attached hydrogen (secondary N) is 1. The van der Waals surface area contributed by atoms with Gasteiger partial charge in [-0.3, -0.25) is 9.79 Å². The van der Waals surface area contributed by atoms with Gasteiger partial charge in [-0.15, -0.1) is 24.0 Å². The molecule has 2 unspecified atom stereocenters. The van der Waals surface area contributed by atoms with Crippen molar-refractivity contribution in [2.45, 2.75) is 18.4 Å². The zero-order valence-corrected chi connectivity index (χ0v) is 20.0. The lowest BCUT2D eigenvalue weighted by molar-refractivity contribution is -0.145. The Bertz CT molecular complexity index is 814. The number of halogens is 1. The number of ether oxygens (including phenoxy) is 1. The molecule has 1 aliphatic rings. The van der Waals surface area contributed by atoms with Crippen molar-refractivity contribution >= 4 is 45.9 Å². The zero-order valence-electron chi connectivity index (χ0n) is 16.9. The van der Waals surface area contributed by atoms with Gasteiger partial charge in [-0.2, -0.15) is 0 Å². The van der Waals surface area contributed by atoms with E-state index in [9.17, 15) is 13.2 Å². The van der Waals surface area contributed by atoms with Gasteiger partial charge in [0.1, 0.15) is 0 Å². The Labute approximate surface area is 184 Å². The highest BCUT2D eigenvalue weighted by Crippen LogP contribution is 2.24. The molecule has 1 aromatic carbocycles. The summed E-state index contributed by atoms with van der Waals surface area (Å²) in [4.78, 5) is 18.4. The second-order valence-corrected chi connectivity index (χ2v) is 8.93. The summed E-state index contributed by atoms with van der Waals surface area (Å²) < 4.78 is 31.1. The molecule has 1 saturated heterocycles. The number of likely N-dealkylation sites (tertiary alicyclic amines) is 1. The van der Waals surface area contributed by atoms with Crippen LogP contribution in [0.15, 0.2) is 34.2 Å². The smallest absolute Gasteiger partial charge is 0.310 e. The summed E-state index contributed by atoms with van der Waals surface area (Å²) in [6.45, 7) is 3.51. The fourth-order valence-corrected chi connectivity index (χ4v) is 4.32. The lowest BCUT2D eigenvalue weighted by Crippen LogP contribution is -2.40. The van der Waals surface area contributed by atoms with Crippen molar-refractivity contribution in [3.05, 3.63) is 29.8 Å². The number of hydrogen-bond donors (Lipinski definition) is 1. The molecule has 28 heavy (non-hydrogen) atoms. The van der Waals surface area contributed by atoms with Crippen LogP contribution >= 0.6 is 24.0 Å². The molecule has 2 atom stereocenters. The van der Waals surface area contributed by atoms with Gasteiger partial charge in [0.15, 0.2) is 5.96 Å². The quantitative estimate of drug-likeness (QED) is 0.271. The second-order valence-electron chi connectivity index (χ2n) is 6.81. The zero-order chi connectivity index (χ0) is 20.2. The van der Waals surface area contributed by atoms with Crippen LogP contribution in [0.2, 0.25) is 0 Å². The van der Waals surface area contributed by atoms with E-state index in [1.54, 1.807) is 31.3 Å². The van der Waals surface area contributed by atoms with E-state index >= 15 is 0 Å². The number of rotatable bonds is 5. The first kappa shape index (κ1) is 24.6. The van der Waals surface area contributed by atoms with Gasteiger partial charge in [0.25, 0.3) is 0 Å². The predicted molar refractivity (Wildman–Crippen MR) is 119 cm³/mol. The van der Waals surface area contributed by atoms with E-state index in [0.29, 0.717) is 31.2 Å². The van der Waals surface area contributed by atoms with Crippen molar-refractivity contribution in [3.63, 3.8) is 0 Å². The molecule has 2 rings (SSSR count). The molecule has 0 saturated carbocycles. The number of esters is 1. The molecule has 0 amide bonds. The molecule has 0 aromatic heterocycles. The Morgan fingerprint density at radius 3 is 2.54 bits per heavy atom. The molecule has 1 fully saturated rings. The molecule has 8 nitrogen and oxygen atoms in total. The molecule has 0 spiro atoms. The van der Waals surface area contributed by atoms with Gasteiger partial charge >= 0.3 is 5.97 Å². The summed E-state index contributed by atoms with van der Waals surface area (Å²) in [6.07, 6.45) is 0. The molecule has 158 valence electrons. The fourth-order valence-electron chi connectivity index (χ4n) is 3.20. The van der Waals surface area contributed by atoms with Crippen LogP contribution in [0.5, 0.6) is 0 Å². The van der Waals surface area contributed by atoms with Crippen LogP contribution in [0.4, 0.5) is 0 Å². The number of sulfonamides is 1. The summed E-state index contributed by atoms with van der Waals surface area (Å²) in [5, 5.41) is 3.22.